The van der Waals surface area contributed by atoms with Gasteiger partial charge in [0.2, 0.25) is 0 Å². The minimum absolute atomic E-state index is 0.0885. The van der Waals surface area contributed by atoms with Crippen LogP contribution in [0.1, 0.15) is 24.5 Å². The maximum Gasteiger partial charge on any atom is 0.328 e. The van der Waals surface area contributed by atoms with Gasteiger partial charge in [-0.15, -0.1) is 0 Å². The fraction of sp³-hybridized carbons (Fsp3) is 0.429. The summed E-state index contributed by atoms with van der Waals surface area (Å²) in [5, 5.41) is 18.7. The Bertz CT molecular complexity index is 469. The summed E-state index contributed by atoms with van der Waals surface area (Å²) >= 11 is 0. The Morgan fingerprint density at radius 3 is 2.42 bits per heavy atom. The number of aliphatic hydroxyl groups excluding tert-OH is 1. The second-order valence-electron chi connectivity index (χ2n) is 4.22. The van der Waals surface area contributed by atoms with E-state index in [9.17, 15) is 14.7 Å². The predicted octanol–water partition coefficient (Wildman–Crippen LogP) is 1.26. The van der Waals surface area contributed by atoms with Crippen molar-refractivity contribution in [3.05, 3.63) is 35.4 Å². The van der Waals surface area contributed by atoms with Gasteiger partial charge in [-0.3, -0.25) is 9.59 Å². The van der Waals surface area contributed by atoms with Gasteiger partial charge in [-0.05, 0) is 25.0 Å². The summed E-state index contributed by atoms with van der Waals surface area (Å²) in [6.07, 6.45) is -0.216. The molecule has 0 aromatic heterocycles. The lowest BCUT2D eigenvalue weighted by molar-refractivity contribution is -0.162. The van der Waals surface area contributed by atoms with Gasteiger partial charge in [0.25, 0.3) is 0 Å². The number of aliphatic carboxylic acids is 1. The van der Waals surface area contributed by atoms with Crippen LogP contribution in [0, 0.1) is 6.92 Å². The molecule has 1 aromatic rings. The highest BCUT2D eigenvalue weighted by Gasteiger charge is 2.49. The van der Waals surface area contributed by atoms with Crippen LogP contribution in [0.2, 0.25) is 0 Å². The largest absolute Gasteiger partial charge is 0.480 e. The molecule has 0 heterocycles. The Morgan fingerprint density at radius 1 is 1.32 bits per heavy atom. The molecule has 5 nitrogen and oxygen atoms in total. The molecule has 0 bridgehead atoms. The van der Waals surface area contributed by atoms with Crippen LogP contribution in [-0.4, -0.2) is 35.4 Å². The summed E-state index contributed by atoms with van der Waals surface area (Å²) in [6, 6.07) is 6.73. The standard InChI is InChI=1S/C14H18O5/c1-3-19-13(18)14(8-9-15,12(16)17)11-7-5-4-6-10(11)2/h4-7,15H,3,8-9H2,1-2H3,(H,16,17). The fourth-order valence-electron chi connectivity index (χ4n) is 2.13. The number of carbonyl (C=O) groups excluding carboxylic acids is 1. The van der Waals surface area contributed by atoms with E-state index in [1.165, 1.54) is 0 Å². The lowest BCUT2D eigenvalue weighted by Crippen LogP contribution is -2.46. The molecule has 1 rings (SSSR count). The SMILES string of the molecule is CCOC(=O)C(CCO)(C(=O)O)c1ccccc1C. The maximum atomic E-state index is 12.1. The third-order valence-corrected chi connectivity index (χ3v) is 3.08. The molecule has 1 atom stereocenters. The molecule has 104 valence electrons. The van der Waals surface area contributed by atoms with Crippen LogP contribution in [0.5, 0.6) is 0 Å². The minimum Gasteiger partial charge on any atom is -0.480 e. The average Bonchev–Trinajstić information content (AvgIpc) is 2.36. The zero-order valence-corrected chi connectivity index (χ0v) is 11.0. The van der Waals surface area contributed by atoms with E-state index in [2.05, 4.69) is 0 Å². The molecule has 1 aromatic carbocycles. The maximum absolute atomic E-state index is 12.1. The molecule has 5 heteroatoms. The van der Waals surface area contributed by atoms with Gasteiger partial charge in [0, 0.05) is 13.0 Å². The molecule has 0 fully saturated rings. The Balaban J connectivity index is 3.44. The molecule has 0 aliphatic heterocycles. The monoisotopic (exact) mass is 266 g/mol. The Kier molecular flexibility index (Phi) is 5.06. The number of benzene rings is 1. The van der Waals surface area contributed by atoms with Crippen molar-refractivity contribution in [1.29, 1.82) is 0 Å². The van der Waals surface area contributed by atoms with E-state index in [1.807, 2.05) is 0 Å². The lowest BCUT2D eigenvalue weighted by Gasteiger charge is -2.28. The number of aryl methyl sites for hydroxylation is 1. The highest BCUT2D eigenvalue weighted by atomic mass is 16.5. The molecular weight excluding hydrogens is 248 g/mol. The molecule has 1 unspecified atom stereocenters. The summed E-state index contributed by atoms with van der Waals surface area (Å²) in [5.41, 5.74) is -0.822. The van der Waals surface area contributed by atoms with Gasteiger partial charge in [-0.2, -0.15) is 0 Å². The van der Waals surface area contributed by atoms with Crippen LogP contribution in [0.15, 0.2) is 24.3 Å². The smallest absolute Gasteiger partial charge is 0.328 e. The van der Waals surface area contributed by atoms with E-state index in [0.29, 0.717) is 11.1 Å². The van der Waals surface area contributed by atoms with Gasteiger partial charge in [-0.25, -0.2) is 0 Å². The Morgan fingerprint density at radius 2 is 1.95 bits per heavy atom. The molecule has 0 saturated heterocycles. The molecule has 0 spiro atoms. The van der Waals surface area contributed by atoms with Gasteiger partial charge in [0.05, 0.1) is 6.61 Å². The van der Waals surface area contributed by atoms with Crippen LogP contribution >= 0.6 is 0 Å². The minimum atomic E-state index is -1.85. The first-order chi connectivity index (χ1) is 9.00. The van der Waals surface area contributed by atoms with Crippen LogP contribution in [0.4, 0.5) is 0 Å². The number of hydrogen-bond acceptors (Lipinski definition) is 4. The summed E-state index contributed by atoms with van der Waals surface area (Å²) in [6.45, 7) is 3.01. The second kappa shape index (κ2) is 6.33. The van der Waals surface area contributed by atoms with Gasteiger partial charge in [-0.1, -0.05) is 24.3 Å². The number of hydrogen-bond donors (Lipinski definition) is 2. The second-order valence-corrected chi connectivity index (χ2v) is 4.22. The van der Waals surface area contributed by atoms with Crippen molar-refractivity contribution < 1.29 is 24.5 Å². The van der Waals surface area contributed by atoms with Crippen LogP contribution in [0.3, 0.4) is 0 Å². The van der Waals surface area contributed by atoms with Gasteiger partial charge < -0.3 is 14.9 Å². The number of carboxylic acid groups (broad SMARTS) is 1. The zero-order valence-electron chi connectivity index (χ0n) is 11.0. The molecule has 0 amide bonds. The zero-order chi connectivity index (χ0) is 14.5. The Hall–Kier alpha value is -1.88. The van der Waals surface area contributed by atoms with E-state index in [4.69, 9.17) is 9.84 Å². The molecule has 0 aliphatic rings. The highest BCUT2D eigenvalue weighted by Crippen LogP contribution is 2.32. The molecule has 2 N–H and O–H groups in total. The quantitative estimate of drug-likeness (QED) is 0.598. The molecule has 0 saturated carbocycles. The van der Waals surface area contributed by atoms with Crippen molar-refractivity contribution in [3.63, 3.8) is 0 Å². The van der Waals surface area contributed by atoms with Crippen molar-refractivity contribution in [2.45, 2.75) is 25.7 Å². The third-order valence-electron chi connectivity index (χ3n) is 3.08. The van der Waals surface area contributed by atoms with Crippen LogP contribution in [0.25, 0.3) is 0 Å². The third kappa shape index (κ3) is 2.76. The van der Waals surface area contributed by atoms with Crippen molar-refractivity contribution in [2.24, 2.45) is 0 Å². The molecule has 0 radical (unpaired) electrons. The van der Waals surface area contributed by atoms with Crippen LogP contribution < -0.4 is 0 Å². The highest BCUT2D eigenvalue weighted by molar-refractivity contribution is 6.05. The fourth-order valence-corrected chi connectivity index (χ4v) is 2.13. The van der Waals surface area contributed by atoms with E-state index >= 15 is 0 Å². The first kappa shape index (κ1) is 15.2. The number of rotatable bonds is 6. The van der Waals surface area contributed by atoms with Crippen molar-refractivity contribution in [1.82, 2.24) is 0 Å². The normalized spacial score (nSPS) is 13.6. The van der Waals surface area contributed by atoms with E-state index in [1.54, 1.807) is 38.1 Å². The van der Waals surface area contributed by atoms with Crippen molar-refractivity contribution >= 4 is 11.9 Å². The van der Waals surface area contributed by atoms with E-state index < -0.39 is 24.0 Å². The number of carbonyl (C=O) groups is 2. The lowest BCUT2D eigenvalue weighted by atomic mass is 9.76. The number of aliphatic hydroxyl groups is 1. The first-order valence-electron chi connectivity index (χ1n) is 6.08. The summed E-state index contributed by atoms with van der Waals surface area (Å²) in [4.78, 5) is 23.8. The van der Waals surface area contributed by atoms with Gasteiger partial charge in [0.15, 0.2) is 5.41 Å². The molecule has 19 heavy (non-hydrogen) atoms. The average molecular weight is 266 g/mol. The predicted molar refractivity (Wildman–Crippen MR) is 68.8 cm³/mol. The molecular formula is C14H18O5. The number of esters is 1. The van der Waals surface area contributed by atoms with Gasteiger partial charge in [0.1, 0.15) is 0 Å². The summed E-state index contributed by atoms with van der Waals surface area (Å²) in [5.74, 6) is -2.15. The topological polar surface area (TPSA) is 83.8 Å². The Labute approximate surface area is 111 Å². The number of ether oxygens (including phenoxy) is 1. The van der Waals surface area contributed by atoms with E-state index in [0.717, 1.165) is 0 Å². The summed E-state index contributed by atoms with van der Waals surface area (Å²) < 4.78 is 4.90. The molecule has 0 aliphatic carbocycles. The van der Waals surface area contributed by atoms with Gasteiger partial charge >= 0.3 is 11.9 Å². The van der Waals surface area contributed by atoms with Crippen molar-refractivity contribution in [2.75, 3.05) is 13.2 Å². The first-order valence-corrected chi connectivity index (χ1v) is 6.08. The number of carboxylic acids is 1. The van der Waals surface area contributed by atoms with E-state index in [-0.39, 0.29) is 13.0 Å². The summed E-state index contributed by atoms with van der Waals surface area (Å²) in [7, 11) is 0. The van der Waals surface area contributed by atoms with Crippen molar-refractivity contribution in [3.8, 4) is 0 Å². The van der Waals surface area contributed by atoms with Crippen LogP contribution in [-0.2, 0) is 19.7 Å².